The Balaban J connectivity index is 1.38. The summed E-state index contributed by atoms with van der Waals surface area (Å²) < 4.78 is 35.2. The van der Waals surface area contributed by atoms with Crippen molar-refractivity contribution < 1.29 is 23.1 Å². The molecule has 0 aliphatic carbocycles. The Bertz CT molecular complexity index is 1680. The number of sulfone groups is 1. The second kappa shape index (κ2) is 18.9. The van der Waals surface area contributed by atoms with Crippen LogP contribution in [0.2, 0.25) is 5.02 Å². The van der Waals surface area contributed by atoms with Gasteiger partial charge in [0.05, 0.1) is 27.4 Å². The zero-order valence-electron chi connectivity index (χ0n) is 30.5. The predicted octanol–water partition coefficient (Wildman–Crippen LogP) is 11.1. The summed E-state index contributed by atoms with van der Waals surface area (Å²) in [6.07, 6.45) is 21.2. The fourth-order valence-electron chi connectivity index (χ4n) is 7.61. The molecule has 0 saturated heterocycles. The number of ether oxygens (including phenoxy) is 1. The minimum Gasteiger partial charge on any atom is -0.485 e. The van der Waals surface area contributed by atoms with Crippen LogP contribution in [0.1, 0.15) is 121 Å². The van der Waals surface area contributed by atoms with Crippen molar-refractivity contribution in [3.8, 4) is 5.75 Å². The summed E-state index contributed by atoms with van der Waals surface area (Å²) in [4.78, 5) is 12.4. The molecule has 0 bridgehead atoms. The van der Waals surface area contributed by atoms with Gasteiger partial charge in [-0.2, -0.15) is 12.6 Å². The molecule has 9 heteroatoms. The van der Waals surface area contributed by atoms with E-state index in [9.17, 15) is 18.3 Å². The highest BCUT2D eigenvalue weighted by Crippen LogP contribution is 2.50. The molecule has 0 fully saturated rings. The van der Waals surface area contributed by atoms with Crippen molar-refractivity contribution in [1.29, 1.82) is 0 Å². The number of carbonyl (C=O) groups is 1. The van der Waals surface area contributed by atoms with Crippen molar-refractivity contribution in [1.82, 2.24) is 4.57 Å². The maximum atomic E-state index is 13.0. The summed E-state index contributed by atoms with van der Waals surface area (Å²) in [7, 11) is -3.56. The Morgan fingerprint density at radius 2 is 1.68 bits per heavy atom. The fourth-order valence-corrected chi connectivity index (χ4v) is 8.85. The topological polar surface area (TPSA) is 85.6 Å². The van der Waals surface area contributed by atoms with Crippen LogP contribution >= 0.6 is 24.2 Å². The van der Waals surface area contributed by atoms with Crippen LogP contribution in [0.3, 0.4) is 0 Å². The summed E-state index contributed by atoms with van der Waals surface area (Å²) in [6, 6.07) is 13.5. The van der Waals surface area contributed by atoms with Gasteiger partial charge in [0.15, 0.2) is 15.6 Å². The van der Waals surface area contributed by atoms with Crippen LogP contribution in [0.25, 0.3) is 10.9 Å². The molecule has 6 nitrogen and oxygen atoms in total. The number of benzene rings is 2. The molecule has 1 aromatic heterocycles. The number of aromatic nitrogens is 1. The summed E-state index contributed by atoms with van der Waals surface area (Å²) in [5.74, 6) is -0.152. The first-order valence-electron chi connectivity index (χ1n) is 18.6. The highest BCUT2D eigenvalue weighted by molar-refractivity contribution is 7.91. The first-order valence-corrected chi connectivity index (χ1v) is 21.5. The number of aliphatic carboxylic acids is 1. The lowest BCUT2D eigenvalue weighted by Crippen LogP contribution is -2.38. The average Bonchev–Trinajstić information content (AvgIpc) is 3.63. The molecular weight excluding hydrogens is 686 g/mol. The standard InChI is InChI=1S/C41H58ClNO5S2/c1-30(40(44)45)34-27-28-43-35-21-17-22-36(50(4,46)47)37(35)39(38(34)43)48-41(2,3)32(20-15-16-29-49)19-14-12-10-8-6-5-7-9-11-13-18-31-23-25-33(42)26-24-31/h10,12,17,21-26,30,32,34,49H,5-9,11,13-16,18-20,27-29H2,1-4H3,(H,44,45)/b12-10-. The van der Waals surface area contributed by atoms with Gasteiger partial charge < -0.3 is 14.4 Å². The Kier molecular flexibility index (Phi) is 15.2. The van der Waals surface area contributed by atoms with Gasteiger partial charge in [-0.15, -0.1) is 0 Å². The lowest BCUT2D eigenvalue weighted by Gasteiger charge is -2.36. The molecular formula is C41H58ClNO5S2. The van der Waals surface area contributed by atoms with Crippen molar-refractivity contribution >= 4 is 50.9 Å². The van der Waals surface area contributed by atoms with Gasteiger partial charge in [0.1, 0.15) is 5.60 Å². The number of halogens is 1. The molecule has 4 rings (SSSR count). The fraction of sp³-hybridized carbons (Fsp3) is 0.585. The molecule has 2 heterocycles. The van der Waals surface area contributed by atoms with Crippen LogP contribution in [-0.2, 0) is 27.6 Å². The number of nitrogens with zero attached hydrogens (tertiary/aromatic N) is 1. The summed E-state index contributed by atoms with van der Waals surface area (Å²) in [6.45, 7) is 6.59. The Morgan fingerprint density at radius 3 is 2.36 bits per heavy atom. The normalized spacial score (nSPS) is 16.2. The van der Waals surface area contributed by atoms with E-state index in [1.165, 1.54) is 50.3 Å². The van der Waals surface area contributed by atoms with Crippen LogP contribution in [0.5, 0.6) is 5.75 Å². The third-order valence-corrected chi connectivity index (χ3v) is 12.3. The van der Waals surface area contributed by atoms with Gasteiger partial charge in [0.25, 0.3) is 0 Å². The van der Waals surface area contributed by atoms with Crippen molar-refractivity contribution in [3.05, 3.63) is 70.9 Å². The highest BCUT2D eigenvalue weighted by Gasteiger charge is 2.41. The number of unbranched alkanes of at least 4 members (excludes halogenated alkanes) is 7. The van der Waals surface area contributed by atoms with Gasteiger partial charge in [-0.1, -0.05) is 81.0 Å². The quantitative estimate of drug-likeness (QED) is 0.0608. The first-order chi connectivity index (χ1) is 23.8. The number of rotatable bonds is 22. The second-order valence-electron chi connectivity index (χ2n) is 14.8. The molecule has 3 unspecified atom stereocenters. The van der Waals surface area contributed by atoms with Crippen LogP contribution in [0.15, 0.2) is 59.5 Å². The van der Waals surface area contributed by atoms with Crippen LogP contribution < -0.4 is 4.74 Å². The summed E-state index contributed by atoms with van der Waals surface area (Å²) in [5.41, 5.74) is 2.36. The number of carboxylic acid groups (broad SMARTS) is 1. The smallest absolute Gasteiger partial charge is 0.306 e. The minimum atomic E-state index is -3.56. The molecule has 2 aromatic carbocycles. The highest BCUT2D eigenvalue weighted by atomic mass is 35.5. The van der Waals surface area contributed by atoms with Gasteiger partial charge >= 0.3 is 5.97 Å². The minimum absolute atomic E-state index is 0.215. The van der Waals surface area contributed by atoms with Crippen molar-refractivity contribution in [2.45, 2.75) is 134 Å². The number of hydrogen-bond acceptors (Lipinski definition) is 5. The van der Waals surface area contributed by atoms with E-state index >= 15 is 0 Å². The van der Waals surface area contributed by atoms with E-state index in [4.69, 9.17) is 16.3 Å². The predicted molar refractivity (Wildman–Crippen MR) is 211 cm³/mol. The van der Waals surface area contributed by atoms with E-state index < -0.39 is 27.3 Å². The average molecular weight is 745 g/mol. The number of thiol groups is 1. The molecule has 0 amide bonds. The van der Waals surface area contributed by atoms with Gasteiger partial charge in [0, 0.05) is 23.7 Å². The molecule has 3 atom stereocenters. The number of allylic oxidation sites excluding steroid dienone is 2. The molecule has 1 aliphatic heterocycles. The van der Waals surface area contributed by atoms with E-state index in [2.05, 4.69) is 55.3 Å². The third-order valence-electron chi connectivity index (χ3n) is 10.6. The molecule has 50 heavy (non-hydrogen) atoms. The lowest BCUT2D eigenvalue weighted by molar-refractivity contribution is -0.141. The van der Waals surface area contributed by atoms with E-state index in [-0.39, 0.29) is 16.7 Å². The molecule has 0 radical (unpaired) electrons. The van der Waals surface area contributed by atoms with E-state index in [0.29, 0.717) is 24.1 Å². The first kappa shape index (κ1) is 40.4. The van der Waals surface area contributed by atoms with E-state index in [0.717, 1.165) is 66.9 Å². The van der Waals surface area contributed by atoms with E-state index in [1.807, 2.05) is 18.2 Å². The molecule has 0 spiro atoms. The summed E-state index contributed by atoms with van der Waals surface area (Å²) in [5, 5.41) is 11.3. The maximum Gasteiger partial charge on any atom is 0.306 e. The molecule has 1 aliphatic rings. The number of fused-ring (bicyclic) bond motifs is 3. The SMILES string of the molecule is CC(C(=O)O)C1CCn2c1c(OC(C)(C)C(CC/C=C\CCCCCCCCc1ccc(Cl)cc1)CCCCS)c1c(S(C)(=O)=O)cccc12. The van der Waals surface area contributed by atoms with Crippen LogP contribution in [0.4, 0.5) is 0 Å². The van der Waals surface area contributed by atoms with Crippen molar-refractivity contribution in [2.24, 2.45) is 11.8 Å². The third kappa shape index (κ3) is 10.8. The van der Waals surface area contributed by atoms with Gasteiger partial charge in [0.2, 0.25) is 0 Å². The lowest BCUT2D eigenvalue weighted by atomic mass is 9.82. The van der Waals surface area contributed by atoms with Crippen LogP contribution in [0, 0.1) is 11.8 Å². The Morgan fingerprint density at radius 1 is 1.00 bits per heavy atom. The zero-order chi connectivity index (χ0) is 36.3. The molecule has 1 N–H and O–H groups in total. The van der Waals surface area contributed by atoms with Crippen LogP contribution in [-0.4, -0.2) is 41.7 Å². The zero-order valence-corrected chi connectivity index (χ0v) is 33.0. The van der Waals surface area contributed by atoms with E-state index in [1.54, 1.807) is 19.1 Å². The van der Waals surface area contributed by atoms with Gasteiger partial charge in [-0.05, 0) is 113 Å². The maximum absolute atomic E-state index is 13.0. The monoisotopic (exact) mass is 743 g/mol. The Hall–Kier alpha value is -2.42. The second-order valence-corrected chi connectivity index (χ2v) is 17.6. The molecule has 276 valence electrons. The number of aryl methyl sites for hydroxylation is 2. The molecule has 0 saturated carbocycles. The largest absolute Gasteiger partial charge is 0.485 e. The molecule has 3 aromatic rings. The number of hydrogen-bond donors (Lipinski definition) is 2. The van der Waals surface area contributed by atoms with Crippen molar-refractivity contribution in [3.63, 3.8) is 0 Å². The van der Waals surface area contributed by atoms with Gasteiger partial charge in [-0.3, -0.25) is 4.79 Å². The Labute approximate surface area is 311 Å². The van der Waals surface area contributed by atoms with Crippen molar-refractivity contribution in [2.75, 3.05) is 12.0 Å². The van der Waals surface area contributed by atoms with Gasteiger partial charge in [-0.25, -0.2) is 8.42 Å². The number of carboxylic acids is 1. The summed E-state index contributed by atoms with van der Waals surface area (Å²) >= 11 is 10.4.